The molecule has 0 radical (unpaired) electrons. The molecular weight excluding hydrogens is 258 g/mol. The first-order valence-electron chi connectivity index (χ1n) is 8.03. The van der Waals surface area contributed by atoms with E-state index in [1.807, 2.05) is 0 Å². The van der Waals surface area contributed by atoms with Crippen LogP contribution in [-0.4, -0.2) is 40.5 Å². The molecule has 0 aromatic heterocycles. The predicted octanol–water partition coefficient (Wildman–Crippen LogP) is 2.62. The first-order valence-corrected chi connectivity index (χ1v) is 9.41. The van der Waals surface area contributed by atoms with Crippen molar-refractivity contribution < 1.29 is 8.95 Å². The smallest absolute Gasteiger partial charge is 0.0691 e. The van der Waals surface area contributed by atoms with Gasteiger partial charge in [0.05, 0.1) is 17.1 Å². The zero-order valence-electron chi connectivity index (χ0n) is 12.2. The SMILES string of the molecule is CCCNC1CCCCCC1S(=O)CC1CCCO1. The topological polar surface area (TPSA) is 38.3 Å². The van der Waals surface area contributed by atoms with E-state index in [4.69, 9.17) is 4.74 Å². The van der Waals surface area contributed by atoms with Gasteiger partial charge in [-0.25, -0.2) is 0 Å². The van der Waals surface area contributed by atoms with E-state index in [9.17, 15) is 4.21 Å². The standard InChI is InChI=1S/C15H29NO2S/c1-2-10-16-14-8-4-3-5-9-15(14)19(17)12-13-7-6-11-18-13/h13-16H,2-12H2,1H3. The van der Waals surface area contributed by atoms with E-state index in [1.165, 1.54) is 25.7 Å². The summed E-state index contributed by atoms with van der Waals surface area (Å²) in [6.45, 7) is 4.12. The number of ether oxygens (including phenoxy) is 1. The molecule has 1 saturated carbocycles. The highest BCUT2D eigenvalue weighted by atomic mass is 32.2. The average molecular weight is 287 g/mol. The minimum atomic E-state index is -0.728. The van der Waals surface area contributed by atoms with Gasteiger partial charge in [-0.3, -0.25) is 4.21 Å². The van der Waals surface area contributed by atoms with E-state index in [-0.39, 0.29) is 6.10 Å². The Morgan fingerprint density at radius 2 is 2.00 bits per heavy atom. The lowest BCUT2D eigenvalue weighted by molar-refractivity contribution is 0.128. The van der Waals surface area contributed by atoms with E-state index < -0.39 is 10.8 Å². The number of hydrogen-bond acceptors (Lipinski definition) is 3. The number of hydrogen-bond donors (Lipinski definition) is 1. The first-order chi connectivity index (χ1) is 9.31. The van der Waals surface area contributed by atoms with Gasteiger partial charge in [-0.1, -0.05) is 26.2 Å². The summed E-state index contributed by atoms with van der Waals surface area (Å²) in [5.41, 5.74) is 0. The zero-order chi connectivity index (χ0) is 13.5. The molecule has 2 aliphatic rings. The third-order valence-corrected chi connectivity index (χ3v) is 6.26. The Balaban J connectivity index is 1.89. The molecule has 1 heterocycles. The molecule has 2 rings (SSSR count). The van der Waals surface area contributed by atoms with Crippen molar-refractivity contribution in [2.24, 2.45) is 0 Å². The molecule has 112 valence electrons. The lowest BCUT2D eigenvalue weighted by atomic mass is 10.1. The van der Waals surface area contributed by atoms with Crippen LogP contribution in [0.5, 0.6) is 0 Å². The summed E-state index contributed by atoms with van der Waals surface area (Å²) in [5, 5.41) is 3.98. The van der Waals surface area contributed by atoms with Crippen LogP contribution in [0, 0.1) is 0 Å². The molecule has 19 heavy (non-hydrogen) atoms. The molecule has 4 atom stereocenters. The highest BCUT2D eigenvalue weighted by Gasteiger charge is 2.30. The Morgan fingerprint density at radius 1 is 1.16 bits per heavy atom. The maximum Gasteiger partial charge on any atom is 0.0691 e. The summed E-state index contributed by atoms with van der Waals surface area (Å²) in [6, 6.07) is 0.463. The summed E-state index contributed by atoms with van der Waals surface area (Å²) in [4.78, 5) is 0. The Hall–Kier alpha value is 0.0700. The van der Waals surface area contributed by atoms with Crippen molar-refractivity contribution in [3.63, 3.8) is 0 Å². The molecule has 0 spiro atoms. The summed E-state index contributed by atoms with van der Waals surface area (Å²) in [5.74, 6) is 0.759. The van der Waals surface area contributed by atoms with E-state index in [0.29, 0.717) is 11.3 Å². The van der Waals surface area contributed by atoms with E-state index >= 15 is 0 Å². The second kappa shape index (κ2) is 8.38. The van der Waals surface area contributed by atoms with Crippen LogP contribution < -0.4 is 5.32 Å². The van der Waals surface area contributed by atoms with Gasteiger partial charge in [0.1, 0.15) is 0 Å². The second-order valence-corrected chi connectivity index (χ2v) is 7.62. The van der Waals surface area contributed by atoms with Crippen molar-refractivity contribution in [1.29, 1.82) is 0 Å². The zero-order valence-corrected chi connectivity index (χ0v) is 13.1. The van der Waals surface area contributed by atoms with Crippen LogP contribution in [0.4, 0.5) is 0 Å². The van der Waals surface area contributed by atoms with Crippen LogP contribution in [0.25, 0.3) is 0 Å². The number of rotatable bonds is 6. The molecule has 0 aromatic carbocycles. The molecule has 1 aliphatic heterocycles. The maximum absolute atomic E-state index is 12.7. The van der Waals surface area contributed by atoms with Gasteiger partial charge in [0.25, 0.3) is 0 Å². The van der Waals surface area contributed by atoms with Crippen LogP contribution >= 0.6 is 0 Å². The highest BCUT2D eigenvalue weighted by molar-refractivity contribution is 7.85. The predicted molar refractivity (Wildman–Crippen MR) is 80.9 cm³/mol. The molecular formula is C15H29NO2S. The highest BCUT2D eigenvalue weighted by Crippen LogP contribution is 2.24. The molecule has 1 saturated heterocycles. The Kier molecular flexibility index (Phi) is 6.82. The summed E-state index contributed by atoms with van der Waals surface area (Å²) in [6.07, 6.45) is 9.81. The summed E-state index contributed by atoms with van der Waals surface area (Å²) in [7, 11) is -0.728. The van der Waals surface area contributed by atoms with Crippen molar-refractivity contribution >= 4 is 10.8 Å². The van der Waals surface area contributed by atoms with Crippen molar-refractivity contribution in [3.8, 4) is 0 Å². The molecule has 3 nitrogen and oxygen atoms in total. The fraction of sp³-hybridized carbons (Fsp3) is 1.00. The molecule has 0 aromatic rings. The van der Waals surface area contributed by atoms with E-state index in [0.717, 1.165) is 44.6 Å². The van der Waals surface area contributed by atoms with Gasteiger partial charge in [-0.15, -0.1) is 0 Å². The molecule has 0 amide bonds. The fourth-order valence-corrected chi connectivity index (χ4v) is 5.14. The minimum Gasteiger partial charge on any atom is -0.377 e. The van der Waals surface area contributed by atoms with Crippen LogP contribution in [0.1, 0.15) is 58.3 Å². The normalized spacial score (nSPS) is 34.1. The van der Waals surface area contributed by atoms with Gasteiger partial charge in [0, 0.05) is 23.4 Å². The summed E-state index contributed by atoms with van der Waals surface area (Å²) >= 11 is 0. The van der Waals surface area contributed by atoms with Crippen LogP contribution in [0.3, 0.4) is 0 Å². The largest absolute Gasteiger partial charge is 0.377 e. The molecule has 4 unspecified atom stereocenters. The van der Waals surface area contributed by atoms with Gasteiger partial charge < -0.3 is 10.1 Å². The fourth-order valence-electron chi connectivity index (χ4n) is 3.23. The van der Waals surface area contributed by atoms with Crippen molar-refractivity contribution in [3.05, 3.63) is 0 Å². The van der Waals surface area contributed by atoms with Crippen molar-refractivity contribution in [1.82, 2.24) is 5.32 Å². The quantitative estimate of drug-likeness (QED) is 0.763. The van der Waals surface area contributed by atoms with Crippen molar-refractivity contribution in [2.45, 2.75) is 75.7 Å². The molecule has 1 N–H and O–H groups in total. The van der Waals surface area contributed by atoms with Crippen LogP contribution in [-0.2, 0) is 15.5 Å². The maximum atomic E-state index is 12.7. The third kappa shape index (κ3) is 4.83. The lowest BCUT2D eigenvalue weighted by Gasteiger charge is -2.26. The average Bonchev–Trinajstić information content (AvgIpc) is 2.79. The first kappa shape index (κ1) is 15.5. The van der Waals surface area contributed by atoms with Gasteiger partial charge in [-0.05, 0) is 38.6 Å². The van der Waals surface area contributed by atoms with Gasteiger partial charge in [0.2, 0.25) is 0 Å². The van der Waals surface area contributed by atoms with E-state index in [1.54, 1.807) is 0 Å². The Bertz CT molecular complexity index is 279. The van der Waals surface area contributed by atoms with E-state index in [2.05, 4.69) is 12.2 Å². The molecule has 2 fully saturated rings. The minimum absolute atomic E-state index is 0.260. The Labute approximate surface area is 120 Å². The molecule has 0 bridgehead atoms. The van der Waals surface area contributed by atoms with Crippen molar-refractivity contribution in [2.75, 3.05) is 18.9 Å². The van der Waals surface area contributed by atoms with Crippen LogP contribution in [0.2, 0.25) is 0 Å². The number of nitrogens with one attached hydrogen (secondary N) is 1. The lowest BCUT2D eigenvalue weighted by Crippen LogP contribution is -2.43. The van der Waals surface area contributed by atoms with Gasteiger partial charge in [-0.2, -0.15) is 0 Å². The molecule has 1 aliphatic carbocycles. The third-order valence-electron chi connectivity index (χ3n) is 4.32. The van der Waals surface area contributed by atoms with Gasteiger partial charge in [0.15, 0.2) is 0 Å². The summed E-state index contributed by atoms with van der Waals surface area (Å²) < 4.78 is 18.3. The second-order valence-electron chi connectivity index (χ2n) is 5.92. The van der Waals surface area contributed by atoms with Crippen LogP contribution in [0.15, 0.2) is 0 Å². The monoisotopic (exact) mass is 287 g/mol. The van der Waals surface area contributed by atoms with Gasteiger partial charge >= 0.3 is 0 Å². The molecule has 4 heteroatoms. The Morgan fingerprint density at radius 3 is 2.74 bits per heavy atom.